The number of aryl methyl sites for hydroxylation is 1. The van der Waals surface area contributed by atoms with Crippen LogP contribution in [0.25, 0.3) is 16.9 Å². The van der Waals surface area contributed by atoms with Crippen LogP contribution >= 0.6 is 0 Å². The number of fused-ring (bicyclic) bond motifs is 1. The molecular formula is C24H20N6O. The van der Waals surface area contributed by atoms with Gasteiger partial charge in [-0.1, -0.05) is 18.2 Å². The number of para-hydroxylation sites is 2. The van der Waals surface area contributed by atoms with Crippen molar-refractivity contribution in [3.05, 3.63) is 108 Å². The van der Waals surface area contributed by atoms with Crippen molar-refractivity contribution >= 4 is 22.4 Å². The fourth-order valence-corrected chi connectivity index (χ4v) is 3.78. The second-order valence-corrected chi connectivity index (χ2v) is 7.16. The molecule has 7 nitrogen and oxygen atoms in total. The highest BCUT2D eigenvalue weighted by Gasteiger charge is 2.18. The van der Waals surface area contributed by atoms with Gasteiger partial charge in [0, 0.05) is 31.2 Å². The van der Waals surface area contributed by atoms with Crippen LogP contribution in [0.15, 0.2) is 96.4 Å². The third kappa shape index (κ3) is 3.36. The van der Waals surface area contributed by atoms with E-state index in [9.17, 15) is 4.79 Å². The van der Waals surface area contributed by atoms with Crippen LogP contribution in [0.1, 0.15) is 5.56 Å². The number of aromatic nitrogens is 5. The molecule has 152 valence electrons. The van der Waals surface area contributed by atoms with Crippen LogP contribution < -0.4 is 10.6 Å². The standard InChI is InChI=1S/C24H20N6O/c1-28-21-10-2-3-11-22(21)30(24(28)31)23-18(7-4-14-27-23)17-29(19-8-5-12-25-15-19)20-9-6-13-26-16-20/h2-16H,17H2,1H3. The average molecular weight is 408 g/mol. The lowest BCUT2D eigenvalue weighted by atomic mass is 10.2. The first-order valence-corrected chi connectivity index (χ1v) is 9.92. The SMILES string of the molecule is Cn1c(=O)n(-c2ncccc2CN(c2cccnc2)c2cccnc2)c2ccccc21. The molecule has 0 saturated carbocycles. The monoisotopic (exact) mass is 408 g/mol. The lowest BCUT2D eigenvalue weighted by Gasteiger charge is -2.25. The molecule has 4 heterocycles. The summed E-state index contributed by atoms with van der Waals surface area (Å²) in [7, 11) is 1.78. The van der Waals surface area contributed by atoms with Crippen molar-refractivity contribution in [1.82, 2.24) is 24.1 Å². The lowest BCUT2D eigenvalue weighted by molar-refractivity contribution is 0.820. The van der Waals surface area contributed by atoms with E-state index in [1.807, 2.05) is 73.1 Å². The van der Waals surface area contributed by atoms with Gasteiger partial charge >= 0.3 is 5.69 Å². The molecule has 0 bridgehead atoms. The van der Waals surface area contributed by atoms with Gasteiger partial charge in [-0.2, -0.15) is 0 Å². The van der Waals surface area contributed by atoms with E-state index in [2.05, 4.69) is 19.9 Å². The summed E-state index contributed by atoms with van der Waals surface area (Å²) in [4.78, 5) is 28.4. The van der Waals surface area contributed by atoms with E-state index in [1.165, 1.54) is 0 Å². The molecular weight excluding hydrogens is 388 g/mol. The Morgan fingerprint density at radius 2 is 1.45 bits per heavy atom. The zero-order chi connectivity index (χ0) is 21.2. The normalized spacial score (nSPS) is 11.0. The summed E-state index contributed by atoms with van der Waals surface area (Å²) >= 11 is 0. The van der Waals surface area contributed by atoms with E-state index >= 15 is 0 Å². The number of rotatable bonds is 5. The third-order valence-corrected chi connectivity index (χ3v) is 5.29. The summed E-state index contributed by atoms with van der Waals surface area (Å²) in [5, 5.41) is 0. The molecule has 0 atom stereocenters. The van der Waals surface area contributed by atoms with Gasteiger partial charge in [0.05, 0.1) is 41.3 Å². The summed E-state index contributed by atoms with van der Waals surface area (Å²) in [6, 6.07) is 19.4. The van der Waals surface area contributed by atoms with Crippen molar-refractivity contribution in [2.45, 2.75) is 6.54 Å². The molecule has 0 saturated heterocycles. The summed E-state index contributed by atoms with van der Waals surface area (Å²) in [5.41, 5.74) is 4.32. The number of hydrogen-bond donors (Lipinski definition) is 0. The Labute approximate surface area is 178 Å². The molecule has 31 heavy (non-hydrogen) atoms. The van der Waals surface area contributed by atoms with E-state index in [1.54, 1.807) is 34.8 Å². The molecule has 0 spiro atoms. The quantitative estimate of drug-likeness (QED) is 0.442. The Morgan fingerprint density at radius 3 is 2.10 bits per heavy atom. The molecule has 5 aromatic rings. The topological polar surface area (TPSA) is 68.8 Å². The predicted octanol–water partition coefficient (Wildman–Crippen LogP) is 3.85. The van der Waals surface area contributed by atoms with Gasteiger partial charge in [-0.25, -0.2) is 14.3 Å². The molecule has 0 fully saturated rings. The van der Waals surface area contributed by atoms with Gasteiger partial charge < -0.3 is 4.90 Å². The molecule has 4 aromatic heterocycles. The van der Waals surface area contributed by atoms with Gasteiger partial charge in [-0.05, 0) is 42.5 Å². The molecule has 0 aliphatic heterocycles. The molecule has 0 radical (unpaired) electrons. The Balaban J connectivity index is 1.67. The molecule has 0 N–H and O–H groups in total. The minimum atomic E-state index is -0.129. The first-order chi connectivity index (χ1) is 15.2. The van der Waals surface area contributed by atoms with Crippen LogP contribution in [0.5, 0.6) is 0 Å². The Morgan fingerprint density at radius 1 is 0.806 bits per heavy atom. The van der Waals surface area contributed by atoms with Gasteiger partial charge in [0.25, 0.3) is 0 Å². The van der Waals surface area contributed by atoms with Crippen LogP contribution in [0, 0.1) is 0 Å². The fraction of sp³-hybridized carbons (Fsp3) is 0.0833. The third-order valence-electron chi connectivity index (χ3n) is 5.29. The molecule has 7 heteroatoms. The summed E-state index contributed by atoms with van der Waals surface area (Å²) in [6.45, 7) is 0.496. The minimum Gasteiger partial charge on any atom is -0.334 e. The molecule has 5 rings (SSSR count). The van der Waals surface area contributed by atoms with E-state index < -0.39 is 0 Å². The summed E-state index contributed by atoms with van der Waals surface area (Å²) in [5.74, 6) is 0.613. The van der Waals surface area contributed by atoms with Gasteiger partial charge in [-0.15, -0.1) is 0 Å². The predicted molar refractivity (Wildman–Crippen MR) is 121 cm³/mol. The maximum atomic E-state index is 13.1. The molecule has 0 aliphatic rings. The maximum Gasteiger partial charge on any atom is 0.334 e. The first kappa shape index (κ1) is 18.7. The van der Waals surface area contributed by atoms with Gasteiger partial charge in [0.2, 0.25) is 0 Å². The Hall–Kier alpha value is -4.26. The number of benzene rings is 1. The van der Waals surface area contributed by atoms with Crippen LogP contribution in [0.2, 0.25) is 0 Å². The fourth-order valence-electron chi connectivity index (χ4n) is 3.78. The Bertz CT molecular complexity index is 1350. The highest BCUT2D eigenvalue weighted by atomic mass is 16.1. The number of anilines is 2. The molecule has 1 aromatic carbocycles. The van der Waals surface area contributed by atoms with Gasteiger partial charge in [0.1, 0.15) is 5.82 Å². The smallest absolute Gasteiger partial charge is 0.334 e. The van der Waals surface area contributed by atoms with Gasteiger partial charge in [0.15, 0.2) is 0 Å². The number of nitrogens with zero attached hydrogens (tertiary/aromatic N) is 6. The maximum absolute atomic E-state index is 13.1. The molecule has 0 unspecified atom stereocenters. The van der Waals surface area contributed by atoms with Crippen LogP contribution in [0.3, 0.4) is 0 Å². The van der Waals surface area contributed by atoms with Crippen molar-refractivity contribution in [3.63, 3.8) is 0 Å². The van der Waals surface area contributed by atoms with E-state index in [0.29, 0.717) is 12.4 Å². The second-order valence-electron chi connectivity index (χ2n) is 7.16. The summed E-state index contributed by atoms with van der Waals surface area (Å²) < 4.78 is 3.32. The average Bonchev–Trinajstić information content (AvgIpc) is 3.09. The van der Waals surface area contributed by atoms with Crippen molar-refractivity contribution < 1.29 is 0 Å². The number of imidazole rings is 1. The zero-order valence-electron chi connectivity index (χ0n) is 17.0. The van der Waals surface area contributed by atoms with Crippen LogP contribution in [-0.4, -0.2) is 24.1 Å². The van der Waals surface area contributed by atoms with Crippen molar-refractivity contribution in [2.24, 2.45) is 7.05 Å². The second kappa shape index (κ2) is 7.87. The number of pyridine rings is 3. The van der Waals surface area contributed by atoms with Crippen molar-refractivity contribution in [1.29, 1.82) is 0 Å². The molecule has 0 amide bonds. The largest absolute Gasteiger partial charge is 0.334 e. The van der Waals surface area contributed by atoms with Crippen LogP contribution in [0.4, 0.5) is 11.4 Å². The minimum absolute atomic E-state index is 0.129. The van der Waals surface area contributed by atoms with Crippen LogP contribution in [-0.2, 0) is 13.6 Å². The van der Waals surface area contributed by atoms with Crippen molar-refractivity contribution in [3.8, 4) is 5.82 Å². The lowest BCUT2D eigenvalue weighted by Crippen LogP contribution is -2.24. The van der Waals surface area contributed by atoms with Crippen molar-refractivity contribution in [2.75, 3.05) is 4.90 Å². The highest BCUT2D eigenvalue weighted by molar-refractivity contribution is 5.78. The van der Waals surface area contributed by atoms with E-state index in [-0.39, 0.29) is 5.69 Å². The first-order valence-electron chi connectivity index (χ1n) is 9.92. The highest BCUT2D eigenvalue weighted by Crippen LogP contribution is 2.28. The Kier molecular flexibility index (Phi) is 4.76. The van der Waals surface area contributed by atoms with E-state index in [0.717, 1.165) is 28.0 Å². The molecule has 0 aliphatic carbocycles. The zero-order valence-corrected chi connectivity index (χ0v) is 17.0. The summed E-state index contributed by atoms with van der Waals surface area (Å²) in [6.07, 6.45) is 8.83. The van der Waals surface area contributed by atoms with E-state index in [4.69, 9.17) is 0 Å². The van der Waals surface area contributed by atoms with Gasteiger partial charge in [-0.3, -0.25) is 14.5 Å². The number of hydrogen-bond acceptors (Lipinski definition) is 5.